The molecule has 0 spiro atoms. The van der Waals surface area contributed by atoms with Crippen LogP contribution in [0.2, 0.25) is 0 Å². The maximum absolute atomic E-state index is 11.1. The summed E-state index contributed by atoms with van der Waals surface area (Å²) >= 11 is 0. The summed E-state index contributed by atoms with van der Waals surface area (Å²) in [6.45, 7) is 1.32. The van der Waals surface area contributed by atoms with Crippen LogP contribution in [0.5, 0.6) is 5.88 Å². The summed E-state index contributed by atoms with van der Waals surface area (Å²) in [6, 6.07) is 3.36. The number of nitrogens with zero attached hydrogens (tertiary/aromatic N) is 1. The van der Waals surface area contributed by atoms with Gasteiger partial charge in [-0.25, -0.2) is 9.78 Å². The molecule has 1 aromatic rings. The van der Waals surface area contributed by atoms with E-state index in [0.717, 1.165) is 12.2 Å². The van der Waals surface area contributed by atoms with Crippen LogP contribution in [0, 0.1) is 0 Å². The van der Waals surface area contributed by atoms with Crippen LogP contribution in [0.3, 0.4) is 0 Å². The molecule has 1 aliphatic heterocycles. The Kier molecular flexibility index (Phi) is 2.22. The number of rotatable bonds is 1. The quantitative estimate of drug-likeness (QED) is 0.666. The van der Waals surface area contributed by atoms with E-state index < -0.39 is 5.97 Å². The van der Waals surface area contributed by atoms with E-state index in [1.165, 1.54) is 7.11 Å². The Morgan fingerprint density at radius 1 is 1.64 bits per heavy atom. The third-order valence-corrected chi connectivity index (χ3v) is 1.91. The molecule has 0 bridgehead atoms. The van der Waals surface area contributed by atoms with Crippen LogP contribution < -0.4 is 10.1 Å². The monoisotopic (exact) mass is 194 g/mol. The normalized spacial score (nSPS) is 13.5. The second-order valence-electron chi connectivity index (χ2n) is 2.82. The van der Waals surface area contributed by atoms with Gasteiger partial charge in [-0.1, -0.05) is 0 Å². The molecule has 14 heavy (non-hydrogen) atoms. The minimum Gasteiger partial charge on any atom is -0.474 e. The van der Waals surface area contributed by atoms with Gasteiger partial charge >= 0.3 is 5.97 Å². The maximum Gasteiger partial charge on any atom is 0.356 e. The smallest absolute Gasteiger partial charge is 0.356 e. The number of esters is 1. The fourth-order valence-corrected chi connectivity index (χ4v) is 1.24. The van der Waals surface area contributed by atoms with E-state index >= 15 is 0 Å². The molecule has 74 valence electrons. The first-order valence-corrected chi connectivity index (χ1v) is 4.27. The van der Waals surface area contributed by atoms with Crippen molar-refractivity contribution in [1.82, 2.24) is 4.98 Å². The molecule has 2 rings (SSSR count). The molecule has 0 unspecified atom stereocenters. The molecule has 2 heterocycles. The number of pyridine rings is 1. The van der Waals surface area contributed by atoms with Crippen molar-refractivity contribution in [3.05, 3.63) is 17.8 Å². The van der Waals surface area contributed by atoms with Crippen LogP contribution in [0.1, 0.15) is 10.5 Å². The van der Waals surface area contributed by atoms with Crippen molar-refractivity contribution in [2.75, 3.05) is 25.6 Å². The molecule has 0 radical (unpaired) electrons. The van der Waals surface area contributed by atoms with Gasteiger partial charge in [-0.2, -0.15) is 0 Å². The molecule has 0 aromatic carbocycles. The predicted octanol–water partition coefficient (Wildman–Crippen LogP) is 0.672. The molecule has 5 heteroatoms. The fraction of sp³-hybridized carbons (Fsp3) is 0.333. The third-order valence-electron chi connectivity index (χ3n) is 1.91. The summed E-state index contributed by atoms with van der Waals surface area (Å²) in [5, 5.41) is 3.11. The summed E-state index contributed by atoms with van der Waals surface area (Å²) < 4.78 is 9.83. The van der Waals surface area contributed by atoms with Gasteiger partial charge in [-0.3, -0.25) is 0 Å². The molecular formula is C9H10N2O3. The fourth-order valence-electron chi connectivity index (χ4n) is 1.24. The van der Waals surface area contributed by atoms with E-state index in [0.29, 0.717) is 12.5 Å². The number of ether oxygens (including phenoxy) is 2. The third kappa shape index (κ3) is 1.48. The van der Waals surface area contributed by atoms with Crippen molar-refractivity contribution in [2.45, 2.75) is 0 Å². The molecule has 1 aliphatic rings. The van der Waals surface area contributed by atoms with Gasteiger partial charge in [0, 0.05) is 6.54 Å². The van der Waals surface area contributed by atoms with Crippen LogP contribution in [0.4, 0.5) is 5.69 Å². The lowest BCUT2D eigenvalue weighted by Crippen LogP contribution is -2.19. The Balaban J connectivity index is 2.33. The van der Waals surface area contributed by atoms with Crippen molar-refractivity contribution >= 4 is 11.7 Å². The van der Waals surface area contributed by atoms with Gasteiger partial charge in [-0.15, -0.1) is 0 Å². The highest BCUT2D eigenvalue weighted by Crippen LogP contribution is 2.24. The van der Waals surface area contributed by atoms with Crippen LogP contribution in [0.25, 0.3) is 0 Å². The van der Waals surface area contributed by atoms with E-state index in [9.17, 15) is 4.79 Å². The summed E-state index contributed by atoms with van der Waals surface area (Å²) in [7, 11) is 1.32. The molecule has 0 aliphatic carbocycles. The number of anilines is 1. The Labute approximate surface area is 81.0 Å². The highest BCUT2D eigenvalue weighted by Gasteiger charge is 2.14. The van der Waals surface area contributed by atoms with Crippen LogP contribution in [0.15, 0.2) is 12.1 Å². The Morgan fingerprint density at radius 3 is 3.29 bits per heavy atom. The summed E-state index contributed by atoms with van der Waals surface area (Å²) in [6.07, 6.45) is 0. The van der Waals surface area contributed by atoms with Crippen molar-refractivity contribution in [3.8, 4) is 5.88 Å². The molecule has 0 saturated heterocycles. The zero-order valence-corrected chi connectivity index (χ0v) is 7.74. The topological polar surface area (TPSA) is 60.5 Å². The van der Waals surface area contributed by atoms with E-state index in [1.807, 2.05) is 0 Å². The highest BCUT2D eigenvalue weighted by molar-refractivity contribution is 5.87. The minimum absolute atomic E-state index is 0.259. The number of carbonyl (C=O) groups is 1. The van der Waals surface area contributed by atoms with Crippen molar-refractivity contribution < 1.29 is 14.3 Å². The Bertz CT molecular complexity index is 365. The van der Waals surface area contributed by atoms with Crippen LogP contribution in [-0.2, 0) is 4.74 Å². The van der Waals surface area contributed by atoms with E-state index in [-0.39, 0.29) is 5.69 Å². The van der Waals surface area contributed by atoms with E-state index in [4.69, 9.17) is 4.74 Å². The lowest BCUT2D eigenvalue weighted by molar-refractivity contribution is 0.0592. The molecular weight excluding hydrogens is 184 g/mol. The number of hydrogen-bond donors (Lipinski definition) is 1. The van der Waals surface area contributed by atoms with Gasteiger partial charge in [-0.05, 0) is 12.1 Å². The van der Waals surface area contributed by atoms with E-state index in [1.54, 1.807) is 12.1 Å². The SMILES string of the molecule is COC(=O)c1ccc2c(n1)OCCN2. The summed E-state index contributed by atoms with van der Waals surface area (Å²) in [4.78, 5) is 15.2. The van der Waals surface area contributed by atoms with Crippen molar-refractivity contribution in [2.24, 2.45) is 0 Å². The van der Waals surface area contributed by atoms with Gasteiger partial charge in [0.15, 0.2) is 5.69 Å². The van der Waals surface area contributed by atoms with Crippen molar-refractivity contribution in [1.29, 1.82) is 0 Å². The second-order valence-corrected chi connectivity index (χ2v) is 2.82. The van der Waals surface area contributed by atoms with Crippen LogP contribution >= 0.6 is 0 Å². The Morgan fingerprint density at radius 2 is 2.50 bits per heavy atom. The predicted molar refractivity (Wildman–Crippen MR) is 49.6 cm³/mol. The first kappa shape index (κ1) is 8.80. The van der Waals surface area contributed by atoms with Gasteiger partial charge in [0.1, 0.15) is 6.61 Å². The molecule has 1 aromatic heterocycles. The maximum atomic E-state index is 11.1. The lowest BCUT2D eigenvalue weighted by atomic mass is 10.3. The summed E-state index contributed by atoms with van der Waals surface area (Å²) in [5.41, 5.74) is 1.07. The average Bonchev–Trinajstić information content (AvgIpc) is 2.27. The van der Waals surface area contributed by atoms with Gasteiger partial charge in [0.05, 0.1) is 12.8 Å². The lowest BCUT2D eigenvalue weighted by Gasteiger charge is -2.17. The molecule has 0 saturated carbocycles. The largest absolute Gasteiger partial charge is 0.474 e. The first-order valence-electron chi connectivity index (χ1n) is 4.27. The standard InChI is InChI=1S/C9H10N2O3/c1-13-9(12)7-3-2-6-8(11-7)14-5-4-10-6/h2-3,10H,4-5H2,1H3. The zero-order chi connectivity index (χ0) is 9.97. The molecule has 0 fully saturated rings. The molecule has 1 N–H and O–H groups in total. The molecule has 5 nitrogen and oxygen atoms in total. The zero-order valence-electron chi connectivity index (χ0n) is 7.74. The van der Waals surface area contributed by atoms with E-state index in [2.05, 4.69) is 15.0 Å². The van der Waals surface area contributed by atoms with Crippen LogP contribution in [-0.4, -0.2) is 31.2 Å². The summed E-state index contributed by atoms with van der Waals surface area (Å²) in [5.74, 6) is 0.00104. The average molecular weight is 194 g/mol. The van der Waals surface area contributed by atoms with Gasteiger partial charge in [0.2, 0.25) is 5.88 Å². The Hall–Kier alpha value is -1.78. The first-order chi connectivity index (χ1) is 6.81. The van der Waals surface area contributed by atoms with Gasteiger partial charge in [0.25, 0.3) is 0 Å². The van der Waals surface area contributed by atoms with Crippen molar-refractivity contribution in [3.63, 3.8) is 0 Å². The highest BCUT2D eigenvalue weighted by atomic mass is 16.5. The number of fused-ring (bicyclic) bond motifs is 1. The molecule has 0 atom stereocenters. The molecule has 0 amide bonds. The number of hydrogen-bond acceptors (Lipinski definition) is 5. The number of carbonyl (C=O) groups excluding carboxylic acids is 1. The number of nitrogens with one attached hydrogen (secondary N) is 1. The minimum atomic E-state index is -0.457. The number of aromatic nitrogens is 1. The second kappa shape index (κ2) is 3.53. The van der Waals surface area contributed by atoms with Gasteiger partial charge < -0.3 is 14.8 Å². The number of methoxy groups -OCH3 is 1.